The molecule has 1 aliphatic heterocycles. The summed E-state index contributed by atoms with van der Waals surface area (Å²) in [6.45, 7) is 3.53. The molecule has 0 unspecified atom stereocenters. The summed E-state index contributed by atoms with van der Waals surface area (Å²) in [6, 6.07) is 14.9. The lowest BCUT2D eigenvalue weighted by Gasteiger charge is -2.26. The minimum Gasteiger partial charge on any atom is -0.459 e. The quantitative estimate of drug-likeness (QED) is 0.796. The van der Waals surface area contributed by atoms with Gasteiger partial charge in [-0.2, -0.15) is 0 Å². The van der Waals surface area contributed by atoms with Crippen LogP contribution in [0.2, 0.25) is 0 Å². The molecule has 3 nitrogen and oxygen atoms in total. The molecule has 3 rings (SSSR count). The number of ether oxygens (including phenoxy) is 2. The van der Waals surface area contributed by atoms with E-state index in [0.717, 1.165) is 11.1 Å². The molecular formula is C17H13ClO3. The van der Waals surface area contributed by atoms with Gasteiger partial charge in [0.15, 0.2) is 0 Å². The molecule has 0 fully saturated rings. The van der Waals surface area contributed by atoms with E-state index in [-0.39, 0.29) is 17.6 Å². The second kappa shape index (κ2) is 5.62. The van der Waals surface area contributed by atoms with E-state index in [4.69, 9.17) is 21.1 Å². The summed E-state index contributed by atoms with van der Waals surface area (Å²) in [6.07, 6.45) is 0. The van der Waals surface area contributed by atoms with Gasteiger partial charge in [0.1, 0.15) is 24.0 Å². The van der Waals surface area contributed by atoms with Crippen LogP contribution in [0.1, 0.15) is 17.0 Å². The number of hydrogen-bond acceptors (Lipinski definition) is 3. The summed E-state index contributed by atoms with van der Waals surface area (Å²) in [4.78, 5) is 12.5. The van der Waals surface area contributed by atoms with Crippen molar-refractivity contribution in [1.82, 2.24) is 0 Å². The Morgan fingerprint density at radius 1 is 1.10 bits per heavy atom. The van der Waals surface area contributed by atoms with E-state index in [0.29, 0.717) is 11.5 Å². The van der Waals surface area contributed by atoms with Gasteiger partial charge in [-0.05, 0) is 12.1 Å². The van der Waals surface area contributed by atoms with Gasteiger partial charge >= 0.3 is 5.97 Å². The number of hydrogen-bond donors (Lipinski definition) is 0. The minimum absolute atomic E-state index is 0.00206. The van der Waals surface area contributed by atoms with Gasteiger partial charge in [-0.1, -0.05) is 54.6 Å². The Morgan fingerprint density at radius 3 is 2.14 bits per heavy atom. The molecule has 106 valence electrons. The highest BCUT2D eigenvalue weighted by Crippen LogP contribution is 2.44. The molecule has 2 aromatic carbocycles. The van der Waals surface area contributed by atoms with Crippen LogP contribution >= 0.6 is 11.6 Å². The van der Waals surface area contributed by atoms with Gasteiger partial charge < -0.3 is 9.47 Å². The van der Waals surface area contributed by atoms with E-state index in [2.05, 4.69) is 6.58 Å². The molecule has 4 heteroatoms. The summed E-state index contributed by atoms with van der Waals surface area (Å²) in [5, 5.41) is 0.289. The molecule has 21 heavy (non-hydrogen) atoms. The first-order valence-corrected chi connectivity index (χ1v) is 6.90. The highest BCUT2D eigenvalue weighted by Gasteiger charge is 2.33. The number of esters is 1. The summed E-state index contributed by atoms with van der Waals surface area (Å²) >= 11 is 5.66. The third-order valence-electron chi connectivity index (χ3n) is 3.29. The van der Waals surface area contributed by atoms with Crippen LogP contribution in [0.25, 0.3) is 0 Å². The van der Waals surface area contributed by atoms with Gasteiger partial charge in [-0.15, -0.1) is 0 Å². The molecule has 0 aliphatic carbocycles. The number of halogens is 1. The second-order valence-corrected chi connectivity index (χ2v) is 5.27. The first-order chi connectivity index (χ1) is 10.2. The lowest BCUT2D eigenvalue weighted by Crippen LogP contribution is -2.21. The van der Waals surface area contributed by atoms with Crippen LogP contribution in [-0.4, -0.2) is 12.6 Å². The van der Waals surface area contributed by atoms with Gasteiger partial charge in [0.25, 0.3) is 0 Å². The number of carbonyl (C=O) groups is 1. The van der Waals surface area contributed by atoms with Gasteiger partial charge in [0.2, 0.25) is 0 Å². The Morgan fingerprint density at radius 2 is 1.62 bits per heavy atom. The number of rotatable bonds is 3. The average Bonchev–Trinajstić information content (AvgIpc) is 2.50. The lowest BCUT2D eigenvalue weighted by molar-refractivity contribution is -0.143. The van der Waals surface area contributed by atoms with Crippen molar-refractivity contribution in [3.63, 3.8) is 0 Å². The summed E-state index contributed by atoms with van der Waals surface area (Å²) < 4.78 is 11.1. The van der Waals surface area contributed by atoms with Crippen molar-refractivity contribution in [2.45, 2.75) is 5.92 Å². The predicted octanol–water partition coefficient (Wildman–Crippen LogP) is 4.22. The predicted molar refractivity (Wildman–Crippen MR) is 80.8 cm³/mol. The van der Waals surface area contributed by atoms with Crippen molar-refractivity contribution in [2.75, 3.05) is 6.61 Å². The second-order valence-electron chi connectivity index (χ2n) is 4.74. The van der Waals surface area contributed by atoms with E-state index in [1.165, 1.54) is 0 Å². The zero-order valence-corrected chi connectivity index (χ0v) is 12.0. The highest BCUT2D eigenvalue weighted by atomic mass is 35.5. The molecule has 2 aromatic rings. The first-order valence-electron chi connectivity index (χ1n) is 6.52. The third kappa shape index (κ3) is 2.65. The average molecular weight is 301 g/mol. The fourth-order valence-electron chi connectivity index (χ4n) is 2.40. The fraction of sp³-hybridized carbons (Fsp3) is 0.118. The van der Waals surface area contributed by atoms with Crippen LogP contribution < -0.4 is 4.74 Å². The normalized spacial score (nSPS) is 12.8. The molecular weight excluding hydrogens is 288 g/mol. The van der Waals surface area contributed by atoms with Crippen molar-refractivity contribution in [3.05, 3.63) is 71.3 Å². The zero-order valence-electron chi connectivity index (χ0n) is 11.2. The number of fused-ring (bicyclic) bond motifs is 2. The Labute approximate surface area is 127 Å². The van der Waals surface area contributed by atoms with Gasteiger partial charge in [0, 0.05) is 16.2 Å². The van der Waals surface area contributed by atoms with Crippen molar-refractivity contribution in [3.8, 4) is 11.5 Å². The number of benzene rings is 2. The summed E-state index contributed by atoms with van der Waals surface area (Å²) in [5.74, 6) is 0.466. The molecule has 0 saturated heterocycles. The van der Waals surface area contributed by atoms with Crippen molar-refractivity contribution in [1.29, 1.82) is 0 Å². The molecule has 0 bridgehead atoms. The first kappa shape index (κ1) is 13.7. The molecule has 0 amide bonds. The number of para-hydroxylation sites is 2. The number of carbonyl (C=O) groups excluding carboxylic acids is 1. The maximum atomic E-state index is 12.5. The van der Waals surface area contributed by atoms with Crippen LogP contribution in [0.5, 0.6) is 11.5 Å². The molecule has 0 aromatic heterocycles. The molecule has 1 aliphatic rings. The maximum absolute atomic E-state index is 12.5. The van der Waals surface area contributed by atoms with E-state index < -0.39 is 5.92 Å². The van der Waals surface area contributed by atoms with Crippen molar-refractivity contribution < 1.29 is 14.3 Å². The Bertz CT molecular complexity index is 663. The van der Waals surface area contributed by atoms with Crippen molar-refractivity contribution >= 4 is 17.6 Å². The smallest absolute Gasteiger partial charge is 0.318 e. The van der Waals surface area contributed by atoms with Crippen molar-refractivity contribution in [2.24, 2.45) is 0 Å². The van der Waals surface area contributed by atoms with Crippen LogP contribution in [0.15, 0.2) is 60.1 Å². The van der Waals surface area contributed by atoms with Crippen LogP contribution in [0.3, 0.4) is 0 Å². The highest BCUT2D eigenvalue weighted by molar-refractivity contribution is 6.29. The monoisotopic (exact) mass is 300 g/mol. The summed E-state index contributed by atoms with van der Waals surface area (Å²) in [5.41, 5.74) is 1.59. The van der Waals surface area contributed by atoms with Gasteiger partial charge in [-0.25, -0.2) is 0 Å². The van der Waals surface area contributed by atoms with E-state index in [9.17, 15) is 4.79 Å². The Kier molecular flexibility index (Phi) is 3.67. The summed E-state index contributed by atoms with van der Waals surface area (Å²) in [7, 11) is 0. The molecule has 0 spiro atoms. The topological polar surface area (TPSA) is 35.5 Å². The molecule has 0 radical (unpaired) electrons. The lowest BCUT2D eigenvalue weighted by atomic mass is 9.88. The van der Waals surface area contributed by atoms with E-state index in [1.807, 2.05) is 48.5 Å². The zero-order chi connectivity index (χ0) is 14.8. The van der Waals surface area contributed by atoms with Gasteiger partial charge in [0.05, 0.1) is 0 Å². The van der Waals surface area contributed by atoms with Crippen LogP contribution in [-0.2, 0) is 9.53 Å². The minimum atomic E-state index is -0.512. The SMILES string of the molecule is C=C(Cl)COC(=O)C1c2ccccc2Oc2ccccc21. The molecule has 0 saturated carbocycles. The van der Waals surface area contributed by atoms with Crippen LogP contribution in [0, 0.1) is 0 Å². The third-order valence-corrected chi connectivity index (χ3v) is 3.40. The van der Waals surface area contributed by atoms with E-state index in [1.54, 1.807) is 0 Å². The molecule has 1 heterocycles. The maximum Gasteiger partial charge on any atom is 0.318 e. The molecule has 0 N–H and O–H groups in total. The standard InChI is InChI=1S/C17H13ClO3/c1-11(18)10-20-17(19)16-12-6-2-4-8-14(12)21-15-9-5-3-7-13(15)16/h2-9,16H,1,10H2. The van der Waals surface area contributed by atoms with Gasteiger partial charge in [-0.3, -0.25) is 4.79 Å². The van der Waals surface area contributed by atoms with Crippen LogP contribution in [0.4, 0.5) is 0 Å². The largest absolute Gasteiger partial charge is 0.459 e. The fourth-order valence-corrected chi connectivity index (χ4v) is 2.45. The molecule has 0 atom stereocenters. The Balaban J connectivity index is 2.02. The Hall–Kier alpha value is -2.26. The van der Waals surface area contributed by atoms with E-state index >= 15 is 0 Å².